The number of anilines is 3. The third kappa shape index (κ3) is 4.24. The Kier molecular flexibility index (Phi) is 6.03. The molecule has 9 aromatic rings. The molecule has 0 atom stereocenters. The molecule has 0 aliphatic rings. The molecule has 0 aliphatic heterocycles. The minimum Gasteiger partial charge on any atom is -0.309 e. The van der Waals surface area contributed by atoms with Crippen molar-refractivity contribution in [2.75, 3.05) is 4.90 Å². The summed E-state index contributed by atoms with van der Waals surface area (Å²) in [5, 5.41) is 5.10. The molecular formula is C42H28N2S. The van der Waals surface area contributed by atoms with Gasteiger partial charge in [0.1, 0.15) is 0 Å². The first-order valence-electron chi connectivity index (χ1n) is 15.3. The first-order chi connectivity index (χ1) is 22.3. The number of thiophene rings is 1. The maximum Gasteiger partial charge on any atom is 0.0640 e. The van der Waals surface area contributed by atoms with Gasteiger partial charge in [-0.1, -0.05) is 115 Å². The lowest BCUT2D eigenvalue weighted by Crippen LogP contribution is -2.10. The Balaban J connectivity index is 1.31. The maximum atomic E-state index is 2.43. The van der Waals surface area contributed by atoms with E-state index in [1.165, 1.54) is 58.8 Å². The summed E-state index contributed by atoms with van der Waals surface area (Å²) in [5.41, 5.74) is 9.42. The van der Waals surface area contributed by atoms with Gasteiger partial charge in [0.2, 0.25) is 0 Å². The van der Waals surface area contributed by atoms with Crippen LogP contribution >= 0.6 is 11.3 Å². The fraction of sp³-hybridized carbons (Fsp3) is 0. The van der Waals surface area contributed by atoms with Gasteiger partial charge in [0.25, 0.3) is 0 Å². The van der Waals surface area contributed by atoms with Crippen molar-refractivity contribution in [2.24, 2.45) is 0 Å². The molecule has 9 rings (SSSR count). The normalized spacial score (nSPS) is 11.6. The van der Waals surface area contributed by atoms with E-state index in [1.807, 2.05) is 11.3 Å². The molecule has 2 heterocycles. The molecule has 0 fully saturated rings. The summed E-state index contributed by atoms with van der Waals surface area (Å²) < 4.78 is 4.98. The zero-order chi connectivity index (χ0) is 29.7. The molecule has 0 unspecified atom stereocenters. The van der Waals surface area contributed by atoms with Crippen LogP contribution < -0.4 is 4.90 Å². The predicted molar refractivity (Wildman–Crippen MR) is 194 cm³/mol. The zero-order valence-electron chi connectivity index (χ0n) is 24.5. The van der Waals surface area contributed by atoms with Crippen LogP contribution in [0, 0.1) is 0 Å². The summed E-state index contributed by atoms with van der Waals surface area (Å²) in [5.74, 6) is 0. The van der Waals surface area contributed by atoms with Gasteiger partial charge in [0.15, 0.2) is 0 Å². The number of benzene rings is 7. The molecule has 45 heavy (non-hydrogen) atoms. The first-order valence-corrected chi connectivity index (χ1v) is 16.1. The molecular weight excluding hydrogens is 565 g/mol. The van der Waals surface area contributed by atoms with Gasteiger partial charge in [-0.25, -0.2) is 0 Å². The van der Waals surface area contributed by atoms with Gasteiger partial charge in [-0.3, -0.25) is 0 Å². The van der Waals surface area contributed by atoms with Crippen LogP contribution in [-0.4, -0.2) is 4.57 Å². The van der Waals surface area contributed by atoms with Gasteiger partial charge in [0, 0.05) is 43.3 Å². The number of hydrogen-bond acceptors (Lipinski definition) is 2. The van der Waals surface area contributed by atoms with E-state index < -0.39 is 0 Å². The Labute approximate surface area is 265 Å². The minimum atomic E-state index is 1.12. The van der Waals surface area contributed by atoms with Crippen molar-refractivity contribution in [2.45, 2.75) is 0 Å². The summed E-state index contributed by atoms with van der Waals surface area (Å²) in [7, 11) is 0. The Bertz CT molecular complexity index is 2470. The highest BCUT2D eigenvalue weighted by Crippen LogP contribution is 2.46. The second-order valence-electron chi connectivity index (χ2n) is 11.4. The van der Waals surface area contributed by atoms with Gasteiger partial charge < -0.3 is 9.47 Å². The Morgan fingerprint density at radius 2 is 1.04 bits per heavy atom. The summed E-state index contributed by atoms with van der Waals surface area (Å²) in [6.07, 6.45) is 0. The minimum absolute atomic E-state index is 1.12. The number of fused-ring (bicyclic) bond motifs is 6. The van der Waals surface area contributed by atoms with Gasteiger partial charge >= 0.3 is 0 Å². The van der Waals surface area contributed by atoms with E-state index in [0.29, 0.717) is 0 Å². The molecule has 3 heteroatoms. The lowest BCUT2D eigenvalue weighted by atomic mass is 10.0. The quantitative estimate of drug-likeness (QED) is 0.193. The maximum absolute atomic E-state index is 2.43. The van der Waals surface area contributed by atoms with Crippen LogP contribution in [0.25, 0.3) is 58.8 Å². The Morgan fingerprint density at radius 1 is 0.422 bits per heavy atom. The molecule has 0 saturated heterocycles. The molecule has 0 aliphatic carbocycles. The van der Waals surface area contributed by atoms with Crippen LogP contribution in [0.4, 0.5) is 17.1 Å². The van der Waals surface area contributed by atoms with Crippen molar-refractivity contribution in [3.05, 3.63) is 170 Å². The van der Waals surface area contributed by atoms with Crippen molar-refractivity contribution in [1.29, 1.82) is 0 Å². The van der Waals surface area contributed by atoms with Crippen molar-refractivity contribution in [3.8, 4) is 16.8 Å². The molecule has 7 aromatic carbocycles. The smallest absolute Gasteiger partial charge is 0.0640 e. The second-order valence-corrected chi connectivity index (χ2v) is 12.4. The third-order valence-corrected chi connectivity index (χ3v) is 10.00. The summed E-state index contributed by atoms with van der Waals surface area (Å²) in [6, 6.07) is 61.4. The third-order valence-electron chi connectivity index (χ3n) is 8.79. The first kappa shape index (κ1) is 25.8. The number of hydrogen-bond donors (Lipinski definition) is 0. The average molecular weight is 593 g/mol. The molecule has 0 N–H and O–H groups in total. The number of nitrogens with zero attached hydrogens (tertiary/aromatic N) is 2. The van der Waals surface area contributed by atoms with Crippen LogP contribution in [0.1, 0.15) is 0 Å². The molecule has 0 radical (unpaired) electrons. The fourth-order valence-corrected chi connectivity index (χ4v) is 7.93. The van der Waals surface area contributed by atoms with Crippen molar-refractivity contribution < 1.29 is 0 Å². The number of rotatable bonds is 5. The van der Waals surface area contributed by atoms with Crippen LogP contribution in [0.3, 0.4) is 0 Å². The lowest BCUT2D eigenvalue weighted by Gasteiger charge is -2.26. The number of para-hydroxylation sites is 2. The summed E-state index contributed by atoms with van der Waals surface area (Å²) in [6.45, 7) is 0. The van der Waals surface area contributed by atoms with Gasteiger partial charge in [0.05, 0.1) is 21.4 Å². The van der Waals surface area contributed by atoms with E-state index in [9.17, 15) is 0 Å². The van der Waals surface area contributed by atoms with E-state index in [-0.39, 0.29) is 0 Å². The van der Waals surface area contributed by atoms with E-state index in [0.717, 1.165) is 17.1 Å². The SMILES string of the molecule is c1ccc(-c2ccc(N(c3ccc4c5ccccc5n(-c5ccccc5)c4c3)c3cccc4c3sc3ccccc34)cc2)cc1. The molecule has 0 spiro atoms. The zero-order valence-corrected chi connectivity index (χ0v) is 25.3. The van der Waals surface area contributed by atoms with Crippen molar-refractivity contribution in [1.82, 2.24) is 4.57 Å². The topological polar surface area (TPSA) is 8.17 Å². The van der Waals surface area contributed by atoms with Crippen LogP contribution in [0.5, 0.6) is 0 Å². The highest BCUT2D eigenvalue weighted by atomic mass is 32.1. The monoisotopic (exact) mass is 592 g/mol. The largest absolute Gasteiger partial charge is 0.309 e. The van der Waals surface area contributed by atoms with E-state index in [1.54, 1.807) is 0 Å². The summed E-state index contributed by atoms with van der Waals surface area (Å²) in [4.78, 5) is 2.43. The number of aromatic nitrogens is 1. The molecule has 0 saturated carbocycles. The van der Waals surface area contributed by atoms with E-state index in [4.69, 9.17) is 0 Å². The van der Waals surface area contributed by atoms with E-state index >= 15 is 0 Å². The lowest BCUT2D eigenvalue weighted by molar-refractivity contribution is 1.18. The highest BCUT2D eigenvalue weighted by Gasteiger charge is 2.20. The van der Waals surface area contributed by atoms with Gasteiger partial charge in [-0.2, -0.15) is 0 Å². The predicted octanol–water partition coefficient (Wildman–Crippen LogP) is 12.3. The second kappa shape index (κ2) is 10.5. The Hall–Kier alpha value is -5.64. The standard InChI is InChI=1S/C42H28N2S/c1-3-12-29(13-4-1)30-22-24-32(25-23-30)43(39-20-11-18-37-36-17-8-10-21-41(36)45-42(37)39)33-26-27-35-34-16-7-9-19-38(34)44(40(35)28-33)31-14-5-2-6-15-31/h1-28H. The van der Waals surface area contributed by atoms with Gasteiger partial charge in [-0.05, 0) is 65.7 Å². The van der Waals surface area contributed by atoms with Crippen LogP contribution in [0.15, 0.2) is 170 Å². The molecule has 0 amide bonds. The highest BCUT2D eigenvalue weighted by molar-refractivity contribution is 7.26. The van der Waals surface area contributed by atoms with E-state index in [2.05, 4.69) is 179 Å². The molecule has 2 nitrogen and oxygen atoms in total. The summed E-state index contributed by atoms with van der Waals surface area (Å²) >= 11 is 1.87. The fourth-order valence-electron chi connectivity index (χ4n) is 6.72. The van der Waals surface area contributed by atoms with Crippen LogP contribution in [-0.2, 0) is 0 Å². The molecule has 212 valence electrons. The van der Waals surface area contributed by atoms with Crippen molar-refractivity contribution >= 4 is 70.4 Å². The average Bonchev–Trinajstić information content (AvgIpc) is 3.66. The molecule has 0 bridgehead atoms. The van der Waals surface area contributed by atoms with Gasteiger partial charge in [-0.15, -0.1) is 11.3 Å². The molecule has 2 aromatic heterocycles. The Morgan fingerprint density at radius 3 is 1.87 bits per heavy atom. The van der Waals surface area contributed by atoms with Crippen molar-refractivity contribution in [3.63, 3.8) is 0 Å². The van der Waals surface area contributed by atoms with Crippen LogP contribution in [0.2, 0.25) is 0 Å².